The summed E-state index contributed by atoms with van der Waals surface area (Å²) < 4.78 is 5.10. The van der Waals surface area contributed by atoms with Gasteiger partial charge in [0.25, 0.3) is 0 Å². The van der Waals surface area contributed by atoms with Gasteiger partial charge < -0.3 is 15.4 Å². The minimum Gasteiger partial charge on any atom is -0.467 e. The number of hydrogen-bond donors (Lipinski definition) is 2. The first-order valence-corrected chi connectivity index (χ1v) is 6.90. The van der Waals surface area contributed by atoms with Gasteiger partial charge in [0, 0.05) is 25.5 Å². The van der Waals surface area contributed by atoms with Crippen LogP contribution in [0.25, 0.3) is 0 Å². The Hall–Kier alpha value is -2.44. The zero-order valence-corrected chi connectivity index (χ0v) is 12.6. The average Bonchev–Trinajstić information content (AvgIpc) is 2.52. The molecule has 2 rings (SSSR count). The van der Waals surface area contributed by atoms with Crippen LogP contribution in [0.15, 0.2) is 18.5 Å². The molecular weight excluding hydrogens is 268 g/mol. The van der Waals surface area contributed by atoms with Crippen LogP contribution in [0, 0.1) is 6.92 Å². The van der Waals surface area contributed by atoms with Gasteiger partial charge in [-0.15, -0.1) is 0 Å². The fraction of sp³-hybridized carbons (Fsp3) is 0.429. The molecule has 0 unspecified atom stereocenters. The molecule has 0 bridgehead atoms. The van der Waals surface area contributed by atoms with Crippen LogP contribution >= 0.6 is 0 Å². The second kappa shape index (κ2) is 7.37. The van der Waals surface area contributed by atoms with E-state index < -0.39 is 0 Å². The van der Waals surface area contributed by atoms with E-state index in [1.807, 2.05) is 19.2 Å². The third kappa shape index (κ3) is 4.27. The van der Waals surface area contributed by atoms with E-state index in [1.165, 1.54) is 12.7 Å². The molecule has 112 valence electrons. The molecule has 0 saturated heterocycles. The van der Waals surface area contributed by atoms with Crippen molar-refractivity contribution in [1.82, 2.24) is 19.9 Å². The number of anilines is 2. The van der Waals surface area contributed by atoms with E-state index in [0.717, 1.165) is 18.5 Å². The van der Waals surface area contributed by atoms with Gasteiger partial charge in [-0.05, 0) is 30.5 Å². The summed E-state index contributed by atoms with van der Waals surface area (Å²) in [5, 5.41) is 6.30. The summed E-state index contributed by atoms with van der Waals surface area (Å²) in [6.07, 6.45) is 4.60. The highest BCUT2D eigenvalue weighted by atomic mass is 16.5. The third-order valence-electron chi connectivity index (χ3n) is 2.92. The fourth-order valence-electron chi connectivity index (χ4n) is 1.70. The summed E-state index contributed by atoms with van der Waals surface area (Å²) >= 11 is 0. The van der Waals surface area contributed by atoms with Crippen LogP contribution in [0.4, 0.5) is 11.9 Å². The summed E-state index contributed by atoms with van der Waals surface area (Å²) in [6, 6.07) is 2.26. The number of aryl methyl sites for hydroxylation is 1. The predicted octanol–water partition coefficient (Wildman–Crippen LogP) is 2.02. The van der Waals surface area contributed by atoms with Crippen molar-refractivity contribution in [2.75, 3.05) is 24.3 Å². The Bertz CT molecular complexity index is 589. The second-order valence-electron chi connectivity index (χ2n) is 4.55. The zero-order chi connectivity index (χ0) is 15.1. The van der Waals surface area contributed by atoms with Gasteiger partial charge in [-0.1, -0.05) is 6.92 Å². The van der Waals surface area contributed by atoms with Gasteiger partial charge in [0.1, 0.15) is 0 Å². The molecule has 7 heteroatoms. The first-order chi connectivity index (χ1) is 10.2. The van der Waals surface area contributed by atoms with E-state index in [1.54, 1.807) is 6.20 Å². The van der Waals surface area contributed by atoms with Crippen molar-refractivity contribution in [2.24, 2.45) is 0 Å². The van der Waals surface area contributed by atoms with Gasteiger partial charge in [-0.2, -0.15) is 15.0 Å². The maximum atomic E-state index is 5.10. The Balaban J connectivity index is 2.09. The minimum atomic E-state index is 0.286. The van der Waals surface area contributed by atoms with Gasteiger partial charge in [-0.25, -0.2) is 0 Å². The SMILES string of the molecule is CCCNc1nc(NCc2cnccc2C)nc(OC)n1. The van der Waals surface area contributed by atoms with E-state index in [-0.39, 0.29) is 6.01 Å². The molecule has 0 saturated carbocycles. The number of rotatable bonds is 7. The number of nitrogens with zero attached hydrogens (tertiary/aromatic N) is 4. The number of pyridine rings is 1. The van der Waals surface area contributed by atoms with Gasteiger partial charge >= 0.3 is 6.01 Å². The zero-order valence-electron chi connectivity index (χ0n) is 12.6. The Morgan fingerprint density at radius 1 is 1.14 bits per heavy atom. The molecule has 2 aromatic heterocycles. The normalized spacial score (nSPS) is 10.2. The Kier molecular flexibility index (Phi) is 5.25. The smallest absolute Gasteiger partial charge is 0.322 e. The highest BCUT2D eigenvalue weighted by molar-refractivity contribution is 5.37. The van der Waals surface area contributed by atoms with Crippen LogP contribution in [0.1, 0.15) is 24.5 Å². The Morgan fingerprint density at radius 2 is 1.90 bits per heavy atom. The predicted molar refractivity (Wildman–Crippen MR) is 81.5 cm³/mol. The summed E-state index contributed by atoms with van der Waals surface area (Å²) in [6.45, 7) is 5.52. The number of methoxy groups -OCH3 is 1. The lowest BCUT2D eigenvalue weighted by molar-refractivity contribution is 0.379. The molecular formula is C14H20N6O. The molecule has 0 radical (unpaired) electrons. The van der Waals surface area contributed by atoms with Gasteiger partial charge in [0.15, 0.2) is 0 Å². The van der Waals surface area contributed by atoms with Crippen molar-refractivity contribution < 1.29 is 4.74 Å². The van der Waals surface area contributed by atoms with Crippen LogP contribution in [-0.2, 0) is 6.54 Å². The monoisotopic (exact) mass is 288 g/mol. The van der Waals surface area contributed by atoms with E-state index in [4.69, 9.17) is 4.74 Å². The molecule has 0 fully saturated rings. The first-order valence-electron chi connectivity index (χ1n) is 6.90. The standard InChI is InChI=1S/C14H20N6O/c1-4-6-16-12-18-13(20-14(19-12)21-3)17-9-11-8-15-7-5-10(11)2/h5,7-8H,4,6,9H2,1-3H3,(H2,16,17,18,19,20). The van der Waals surface area contributed by atoms with Crippen LogP contribution in [0.5, 0.6) is 6.01 Å². The highest BCUT2D eigenvalue weighted by Gasteiger charge is 2.07. The number of ether oxygens (including phenoxy) is 1. The molecule has 0 aromatic carbocycles. The lowest BCUT2D eigenvalue weighted by atomic mass is 10.2. The van der Waals surface area contributed by atoms with Crippen molar-refractivity contribution in [2.45, 2.75) is 26.8 Å². The minimum absolute atomic E-state index is 0.286. The maximum Gasteiger partial charge on any atom is 0.322 e. The number of nitrogens with one attached hydrogen (secondary N) is 2. The van der Waals surface area contributed by atoms with Crippen LogP contribution in [0.2, 0.25) is 0 Å². The first kappa shape index (κ1) is 15.0. The topological polar surface area (TPSA) is 84.9 Å². The van der Waals surface area contributed by atoms with Crippen molar-refractivity contribution in [3.63, 3.8) is 0 Å². The highest BCUT2D eigenvalue weighted by Crippen LogP contribution is 2.13. The van der Waals surface area contributed by atoms with E-state index >= 15 is 0 Å². The van der Waals surface area contributed by atoms with Crippen molar-refractivity contribution in [3.05, 3.63) is 29.6 Å². The quantitative estimate of drug-likeness (QED) is 0.806. The van der Waals surface area contributed by atoms with Crippen LogP contribution < -0.4 is 15.4 Å². The van der Waals surface area contributed by atoms with Crippen LogP contribution in [-0.4, -0.2) is 33.6 Å². The molecule has 2 aromatic rings. The molecule has 21 heavy (non-hydrogen) atoms. The fourth-order valence-corrected chi connectivity index (χ4v) is 1.70. The molecule has 0 aliphatic carbocycles. The lowest BCUT2D eigenvalue weighted by Gasteiger charge is -2.10. The molecule has 0 spiro atoms. The summed E-state index contributed by atoms with van der Waals surface area (Å²) in [5.74, 6) is 0.984. The van der Waals surface area contributed by atoms with E-state index in [9.17, 15) is 0 Å². The Morgan fingerprint density at radius 3 is 2.57 bits per heavy atom. The number of aromatic nitrogens is 4. The van der Waals surface area contributed by atoms with E-state index in [2.05, 4.69) is 37.5 Å². The van der Waals surface area contributed by atoms with Crippen LogP contribution in [0.3, 0.4) is 0 Å². The average molecular weight is 288 g/mol. The number of hydrogen-bond acceptors (Lipinski definition) is 7. The second-order valence-corrected chi connectivity index (χ2v) is 4.55. The molecule has 7 nitrogen and oxygen atoms in total. The lowest BCUT2D eigenvalue weighted by Crippen LogP contribution is -2.11. The molecule has 0 amide bonds. The summed E-state index contributed by atoms with van der Waals surface area (Å²) in [5.41, 5.74) is 2.27. The van der Waals surface area contributed by atoms with Gasteiger partial charge in [0.2, 0.25) is 11.9 Å². The van der Waals surface area contributed by atoms with E-state index in [0.29, 0.717) is 18.4 Å². The molecule has 2 heterocycles. The molecule has 0 atom stereocenters. The van der Waals surface area contributed by atoms with Crippen molar-refractivity contribution in [3.8, 4) is 6.01 Å². The summed E-state index contributed by atoms with van der Waals surface area (Å²) in [4.78, 5) is 16.8. The van der Waals surface area contributed by atoms with Crippen molar-refractivity contribution in [1.29, 1.82) is 0 Å². The molecule has 0 aliphatic heterocycles. The van der Waals surface area contributed by atoms with Crippen molar-refractivity contribution >= 4 is 11.9 Å². The summed E-state index contributed by atoms with van der Waals surface area (Å²) in [7, 11) is 1.54. The Labute approximate surface area is 124 Å². The van der Waals surface area contributed by atoms with Gasteiger partial charge in [-0.3, -0.25) is 4.98 Å². The maximum absolute atomic E-state index is 5.10. The van der Waals surface area contributed by atoms with Gasteiger partial charge in [0.05, 0.1) is 7.11 Å². The molecule has 0 aliphatic rings. The third-order valence-corrected chi connectivity index (χ3v) is 2.92. The molecule has 2 N–H and O–H groups in total. The largest absolute Gasteiger partial charge is 0.467 e.